The molecular formula is C72H120O6. The highest BCUT2D eigenvalue weighted by Gasteiger charge is 2.19. The first-order chi connectivity index (χ1) is 38.5. The van der Waals surface area contributed by atoms with E-state index in [0.29, 0.717) is 19.3 Å². The molecule has 0 bridgehead atoms. The molecule has 0 aliphatic carbocycles. The zero-order valence-electron chi connectivity index (χ0n) is 50.9. The van der Waals surface area contributed by atoms with Crippen molar-refractivity contribution in [2.75, 3.05) is 13.2 Å². The summed E-state index contributed by atoms with van der Waals surface area (Å²) in [5.41, 5.74) is 0. The second-order valence-electron chi connectivity index (χ2n) is 21.3. The van der Waals surface area contributed by atoms with Crippen LogP contribution in [-0.4, -0.2) is 37.2 Å². The number of carbonyl (C=O) groups is 3. The minimum Gasteiger partial charge on any atom is -0.462 e. The Hall–Kier alpha value is -4.19. The molecule has 0 rings (SSSR count). The van der Waals surface area contributed by atoms with Gasteiger partial charge in [-0.15, -0.1) is 0 Å². The molecule has 0 heterocycles. The lowest BCUT2D eigenvalue weighted by atomic mass is 10.1. The summed E-state index contributed by atoms with van der Waals surface area (Å²) in [6, 6.07) is 0. The predicted molar refractivity (Wildman–Crippen MR) is 339 cm³/mol. The first-order valence-corrected chi connectivity index (χ1v) is 32.5. The summed E-state index contributed by atoms with van der Waals surface area (Å²) in [6.07, 6.45) is 90.5. The molecule has 1 atom stereocenters. The lowest BCUT2D eigenvalue weighted by Gasteiger charge is -2.18. The predicted octanol–water partition coefficient (Wildman–Crippen LogP) is 22.4. The van der Waals surface area contributed by atoms with Gasteiger partial charge in [0, 0.05) is 19.3 Å². The van der Waals surface area contributed by atoms with Crippen molar-refractivity contribution < 1.29 is 28.6 Å². The highest BCUT2D eigenvalue weighted by atomic mass is 16.6. The van der Waals surface area contributed by atoms with Gasteiger partial charge in [0.05, 0.1) is 0 Å². The topological polar surface area (TPSA) is 78.9 Å². The van der Waals surface area contributed by atoms with Gasteiger partial charge < -0.3 is 14.2 Å². The number of hydrogen-bond acceptors (Lipinski definition) is 6. The summed E-state index contributed by atoms with van der Waals surface area (Å²) in [6.45, 7) is 6.48. The fourth-order valence-corrected chi connectivity index (χ4v) is 8.80. The van der Waals surface area contributed by atoms with Gasteiger partial charge in [-0.05, 0) is 135 Å². The van der Waals surface area contributed by atoms with Gasteiger partial charge in [0.15, 0.2) is 6.10 Å². The first kappa shape index (κ1) is 73.8. The third kappa shape index (κ3) is 62.7. The largest absolute Gasteiger partial charge is 0.462 e. The molecular weight excluding hydrogens is 961 g/mol. The van der Waals surface area contributed by atoms with E-state index in [1.165, 1.54) is 122 Å². The Balaban J connectivity index is 4.48. The fourth-order valence-electron chi connectivity index (χ4n) is 8.80. The van der Waals surface area contributed by atoms with Crippen molar-refractivity contribution in [2.24, 2.45) is 0 Å². The Bertz CT molecular complexity index is 1620. The molecule has 78 heavy (non-hydrogen) atoms. The number of esters is 3. The van der Waals surface area contributed by atoms with Gasteiger partial charge in [0.1, 0.15) is 13.2 Å². The third-order valence-corrected chi connectivity index (χ3v) is 13.7. The van der Waals surface area contributed by atoms with Crippen molar-refractivity contribution >= 4 is 17.9 Å². The molecule has 0 fully saturated rings. The van der Waals surface area contributed by atoms with Crippen molar-refractivity contribution in [3.05, 3.63) is 122 Å². The van der Waals surface area contributed by atoms with Crippen molar-refractivity contribution in [1.82, 2.24) is 0 Å². The van der Waals surface area contributed by atoms with Crippen LogP contribution in [0.2, 0.25) is 0 Å². The Labute approximate surface area is 482 Å². The summed E-state index contributed by atoms with van der Waals surface area (Å²) >= 11 is 0. The molecule has 6 nitrogen and oxygen atoms in total. The maximum Gasteiger partial charge on any atom is 0.306 e. The van der Waals surface area contributed by atoms with Crippen molar-refractivity contribution in [2.45, 2.75) is 303 Å². The average molecular weight is 1080 g/mol. The van der Waals surface area contributed by atoms with Gasteiger partial charge >= 0.3 is 17.9 Å². The average Bonchev–Trinajstić information content (AvgIpc) is 3.44. The molecule has 444 valence electrons. The lowest BCUT2D eigenvalue weighted by Crippen LogP contribution is -2.30. The zero-order valence-corrected chi connectivity index (χ0v) is 50.9. The molecule has 0 saturated carbocycles. The molecule has 0 amide bonds. The molecule has 0 aliphatic heterocycles. The summed E-state index contributed by atoms with van der Waals surface area (Å²) in [5.74, 6) is -0.933. The number of carbonyl (C=O) groups excluding carboxylic acids is 3. The highest BCUT2D eigenvalue weighted by molar-refractivity contribution is 5.71. The Morgan fingerprint density at radius 3 is 0.821 bits per heavy atom. The second kappa shape index (κ2) is 65.3. The van der Waals surface area contributed by atoms with Crippen LogP contribution in [0.25, 0.3) is 0 Å². The monoisotopic (exact) mass is 1080 g/mol. The smallest absolute Gasteiger partial charge is 0.306 e. The van der Waals surface area contributed by atoms with E-state index in [4.69, 9.17) is 14.2 Å². The molecule has 0 aromatic heterocycles. The molecule has 0 spiro atoms. The summed E-state index contributed by atoms with van der Waals surface area (Å²) in [5, 5.41) is 0. The maximum atomic E-state index is 12.9. The number of unbranched alkanes of at least 4 members (excludes halogenated alkanes) is 27. The number of rotatable bonds is 58. The van der Waals surface area contributed by atoms with Gasteiger partial charge in [0.25, 0.3) is 0 Å². The Morgan fingerprint density at radius 1 is 0.269 bits per heavy atom. The van der Waals surface area contributed by atoms with E-state index in [0.717, 1.165) is 135 Å². The molecule has 0 N–H and O–H groups in total. The van der Waals surface area contributed by atoms with Crippen molar-refractivity contribution in [1.29, 1.82) is 0 Å². The Kier molecular flexibility index (Phi) is 61.8. The molecule has 0 aromatic rings. The van der Waals surface area contributed by atoms with Gasteiger partial charge in [-0.25, -0.2) is 0 Å². The van der Waals surface area contributed by atoms with E-state index < -0.39 is 6.10 Å². The van der Waals surface area contributed by atoms with Crippen LogP contribution in [0.5, 0.6) is 0 Å². The maximum absolute atomic E-state index is 12.9. The van der Waals surface area contributed by atoms with E-state index >= 15 is 0 Å². The van der Waals surface area contributed by atoms with Crippen LogP contribution in [0.3, 0.4) is 0 Å². The Morgan fingerprint density at radius 2 is 0.500 bits per heavy atom. The van der Waals surface area contributed by atoms with E-state index in [9.17, 15) is 14.4 Å². The minimum absolute atomic E-state index is 0.0960. The third-order valence-electron chi connectivity index (χ3n) is 13.7. The zero-order chi connectivity index (χ0) is 56.4. The van der Waals surface area contributed by atoms with E-state index in [-0.39, 0.29) is 31.1 Å². The van der Waals surface area contributed by atoms with Crippen LogP contribution in [-0.2, 0) is 28.6 Å². The number of hydrogen-bond donors (Lipinski definition) is 0. The van der Waals surface area contributed by atoms with Crippen LogP contribution >= 0.6 is 0 Å². The number of allylic oxidation sites excluding steroid dienone is 20. The second-order valence-corrected chi connectivity index (χ2v) is 21.3. The van der Waals surface area contributed by atoms with Gasteiger partial charge in [-0.1, -0.05) is 264 Å². The SMILES string of the molecule is CC/C=C\C/C=C\C/C=C\C/C=C\C/C=C\C/C=C\CCCCCCC(=O)OCC(COC(=O)CCCCCCCCC/C=C\CCCCCCCCC)OC(=O)CCCCCCCC/C=C\C/C=C\C/C=C\CCCCC. The molecule has 0 radical (unpaired) electrons. The van der Waals surface area contributed by atoms with Gasteiger partial charge in [-0.2, -0.15) is 0 Å². The van der Waals surface area contributed by atoms with Crippen LogP contribution in [0, 0.1) is 0 Å². The first-order valence-electron chi connectivity index (χ1n) is 32.5. The highest BCUT2D eigenvalue weighted by Crippen LogP contribution is 2.15. The fraction of sp³-hybridized carbons (Fsp3) is 0.681. The van der Waals surface area contributed by atoms with Gasteiger partial charge in [-0.3, -0.25) is 14.4 Å². The van der Waals surface area contributed by atoms with Crippen molar-refractivity contribution in [3.8, 4) is 0 Å². The van der Waals surface area contributed by atoms with Gasteiger partial charge in [0.2, 0.25) is 0 Å². The van der Waals surface area contributed by atoms with Crippen LogP contribution in [0.1, 0.15) is 297 Å². The molecule has 0 aromatic carbocycles. The minimum atomic E-state index is -0.803. The quantitative estimate of drug-likeness (QED) is 0.0261. The standard InChI is InChI=1S/C72H120O6/c1-4-7-10-13-16-19-22-25-28-31-34-35-36-37-39-41-44-47-50-53-56-59-62-65-71(74)77-68-69(67-76-70(73)64-61-58-55-52-49-46-43-40-33-30-27-24-21-18-15-12-9-6-3)78-72(75)66-63-60-57-54-51-48-45-42-38-32-29-26-23-20-17-14-11-8-5-2/h7,10,16-17,19-20,25-26,28-30,33-35,37-39,42,44,47,69H,4-6,8-9,11-15,18,21-24,27,31-32,36,40-41,43,45-46,48-68H2,1-3H3/b10-7-,19-16-,20-17-,28-25-,29-26-,33-30-,35-34-,39-37-,42-38-,47-44-. The van der Waals surface area contributed by atoms with Crippen LogP contribution in [0.15, 0.2) is 122 Å². The molecule has 0 aliphatic rings. The van der Waals surface area contributed by atoms with E-state index in [2.05, 4.69) is 142 Å². The van der Waals surface area contributed by atoms with Crippen LogP contribution in [0.4, 0.5) is 0 Å². The lowest BCUT2D eigenvalue weighted by molar-refractivity contribution is -0.167. The molecule has 1 unspecified atom stereocenters. The molecule has 0 saturated heterocycles. The van der Waals surface area contributed by atoms with E-state index in [1.807, 2.05) is 0 Å². The summed E-state index contributed by atoms with van der Waals surface area (Å²) in [4.78, 5) is 38.4. The number of ether oxygens (including phenoxy) is 3. The molecule has 6 heteroatoms. The normalized spacial score (nSPS) is 12.9. The van der Waals surface area contributed by atoms with Crippen LogP contribution < -0.4 is 0 Å². The van der Waals surface area contributed by atoms with Crippen molar-refractivity contribution in [3.63, 3.8) is 0 Å². The summed E-state index contributed by atoms with van der Waals surface area (Å²) in [7, 11) is 0. The van der Waals surface area contributed by atoms with E-state index in [1.54, 1.807) is 0 Å². The summed E-state index contributed by atoms with van der Waals surface area (Å²) < 4.78 is 16.9.